The van der Waals surface area contributed by atoms with Gasteiger partial charge >= 0.3 is 0 Å². The first-order valence-electron chi connectivity index (χ1n) is 9.40. The molecule has 2 aromatic carbocycles. The van der Waals surface area contributed by atoms with Gasteiger partial charge < -0.3 is 15.0 Å². The lowest BCUT2D eigenvalue weighted by Crippen LogP contribution is -2.34. The Kier molecular flexibility index (Phi) is 6.57. The van der Waals surface area contributed by atoms with Crippen LogP contribution in [0.4, 0.5) is 0 Å². The van der Waals surface area contributed by atoms with Crippen LogP contribution in [0.3, 0.4) is 0 Å². The number of halogens is 1. The Bertz CT molecular complexity index is 821. The van der Waals surface area contributed by atoms with Crippen molar-refractivity contribution in [2.45, 2.75) is 31.7 Å². The Morgan fingerprint density at radius 1 is 1.18 bits per heavy atom. The van der Waals surface area contributed by atoms with Gasteiger partial charge in [0, 0.05) is 31.0 Å². The quantitative estimate of drug-likeness (QED) is 0.799. The molecule has 2 amide bonds. The molecular weight excluding hydrogens is 376 g/mol. The minimum absolute atomic E-state index is 0.0460. The highest BCUT2D eigenvalue weighted by Gasteiger charge is 2.29. The fourth-order valence-corrected chi connectivity index (χ4v) is 3.76. The summed E-state index contributed by atoms with van der Waals surface area (Å²) in [5.74, 6) is 1.04. The van der Waals surface area contributed by atoms with Gasteiger partial charge in [-0.3, -0.25) is 9.59 Å². The predicted octanol–water partition coefficient (Wildman–Crippen LogP) is 3.93. The van der Waals surface area contributed by atoms with Gasteiger partial charge in [-0.25, -0.2) is 0 Å². The molecular formula is C22H25ClN2O3. The van der Waals surface area contributed by atoms with Gasteiger partial charge in [0.05, 0.1) is 19.6 Å². The molecule has 3 rings (SSSR count). The summed E-state index contributed by atoms with van der Waals surface area (Å²) in [4.78, 5) is 26.4. The molecule has 148 valence electrons. The molecule has 1 aliphatic heterocycles. The maximum absolute atomic E-state index is 12.9. The summed E-state index contributed by atoms with van der Waals surface area (Å²) in [6.07, 6.45) is 1.17. The van der Waals surface area contributed by atoms with Crippen LogP contribution in [0.5, 0.6) is 5.75 Å². The van der Waals surface area contributed by atoms with Crippen LogP contribution in [0.15, 0.2) is 48.5 Å². The van der Waals surface area contributed by atoms with Crippen molar-refractivity contribution in [2.24, 2.45) is 0 Å². The lowest BCUT2D eigenvalue weighted by atomic mass is 9.98. The number of benzene rings is 2. The second kappa shape index (κ2) is 9.11. The molecule has 2 atom stereocenters. The minimum Gasteiger partial charge on any atom is -0.497 e. The van der Waals surface area contributed by atoms with Crippen molar-refractivity contribution in [3.8, 4) is 5.75 Å². The van der Waals surface area contributed by atoms with E-state index in [1.165, 1.54) is 12.5 Å². The molecule has 2 unspecified atom stereocenters. The number of amides is 2. The molecule has 1 heterocycles. The van der Waals surface area contributed by atoms with Crippen LogP contribution < -0.4 is 10.1 Å². The Balaban J connectivity index is 1.65. The Morgan fingerprint density at radius 3 is 2.46 bits per heavy atom. The van der Waals surface area contributed by atoms with E-state index in [9.17, 15) is 9.59 Å². The molecule has 1 saturated heterocycles. The lowest BCUT2D eigenvalue weighted by Gasteiger charge is -2.22. The summed E-state index contributed by atoms with van der Waals surface area (Å²) in [6.45, 7) is 2.88. The number of ether oxygens (including phenoxy) is 1. The average molecular weight is 401 g/mol. The van der Waals surface area contributed by atoms with Crippen LogP contribution in [-0.4, -0.2) is 36.9 Å². The average Bonchev–Trinajstić information content (AvgIpc) is 3.18. The van der Waals surface area contributed by atoms with Gasteiger partial charge in [-0.2, -0.15) is 0 Å². The summed E-state index contributed by atoms with van der Waals surface area (Å²) in [7, 11) is 1.65. The molecule has 0 aromatic heterocycles. The van der Waals surface area contributed by atoms with Gasteiger partial charge in [0.25, 0.3) is 0 Å². The number of likely N-dealkylation sites (tertiary alicyclic amines) is 1. The molecule has 0 saturated carbocycles. The number of methoxy groups -OCH3 is 1. The van der Waals surface area contributed by atoms with Crippen LogP contribution in [0.1, 0.15) is 42.9 Å². The number of rotatable bonds is 6. The van der Waals surface area contributed by atoms with Gasteiger partial charge in [-0.1, -0.05) is 35.9 Å². The van der Waals surface area contributed by atoms with E-state index in [2.05, 4.69) is 17.4 Å². The molecule has 6 heteroatoms. The predicted molar refractivity (Wildman–Crippen MR) is 110 cm³/mol. The van der Waals surface area contributed by atoms with Gasteiger partial charge in [-0.15, -0.1) is 0 Å². The van der Waals surface area contributed by atoms with E-state index in [1.54, 1.807) is 19.2 Å². The third kappa shape index (κ3) is 5.04. The summed E-state index contributed by atoms with van der Waals surface area (Å²) in [5, 5.41) is 3.51. The molecule has 28 heavy (non-hydrogen) atoms. The van der Waals surface area contributed by atoms with Gasteiger partial charge in [-0.05, 0) is 41.8 Å². The van der Waals surface area contributed by atoms with Gasteiger partial charge in [0.1, 0.15) is 5.75 Å². The largest absolute Gasteiger partial charge is 0.497 e. The number of nitrogens with zero attached hydrogens (tertiary/aromatic N) is 1. The molecule has 1 aliphatic rings. The first kappa shape index (κ1) is 20.2. The third-order valence-corrected chi connectivity index (χ3v) is 5.41. The van der Waals surface area contributed by atoms with Gasteiger partial charge in [0.2, 0.25) is 11.8 Å². The highest BCUT2D eigenvalue weighted by Crippen LogP contribution is 2.30. The normalized spacial score (nSPS) is 17.2. The lowest BCUT2D eigenvalue weighted by molar-refractivity contribution is -0.131. The van der Waals surface area contributed by atoms with E-state index in [0.717, 1.165) is 24.3 Å². The van der Waals surface area contributed by atoms with E-state index in [-0.39, 0.29) is 24.3 Å². The van der Waals surface area contributed by atoms with Gasteiger partial charge in [0.15, 0.2) is 0 Å². The third-order valence-electron chi connectivity index (χ3n) is 5.16. The molecule has 1 N–H and O–H groups in total. The number of hydrogen-bond donors (Lipinski definition) is 1. The zero-order valence-corrected chi connectivity index (χ0v) is 16.9. The van der Waals surface area contributed by atoms with Crippen molar-refractivity contribution in [2.75, 3.05) is 20.2 Å². The number of carbonyl (C=O) groups is 2. The van der Waals surface area contributed by atoms with Crippen molar-refractivity contribution in [1.29, 1.82) is 0 Å². The summed E-state index contributed by atoms with van der Waals surface area (Å²) in [5.41, 5.74) is 2.09. The topological polar surface area (TPSA) is 58.6 Å². The Labute approximate surface area is 170 Å². The maximum Gasteiger partial charge on any atom is 0.225 e. The van der Waals surface area contributed by atoms with Crippen molar-refractivity contribution >= 4 is 23.4 Å². The zero-order chi connectivity index (χ0) is 20.1. The van der Waals surface area contributed by atoms with Crippen molar-refractivity contribution in [3.05, 3.63) is 64.7 Å². The summed E-state index contributed by atoms with van der Waals surface area (Å²) in [6, 6.07) is 14.9. The van der Waals surface area contributed by atoms with Crippen LogP contribution in [0.2, 0.25) is 5.02 Å². The smallest absolute Gasteiger partial charge is 0.225 e. The second-order valence-corrected chi connectivity index (χ2v) is 7.54. The molecule has 5 nitrogen and oxygen atoms in total. The molecule has 0 bridgehead atoms. The second-order valence-electron chi connectivity index (χ2n) is 7.11. The van der Waals surface area contributed by atoms with E-state index in [1.807, 2.05) is 29.2 Å². The van der Waals surface area contributed by atoms with E-state index in [4.69, 9.17) is 16.3 Å². The summed E-state index contributed by atoms with van der Waals surface area (Å²) < 4.78 is 5.21. The van der Waals surface area contributed by atoms with E-state index >= 15 is 0 Å². The number of carbonyl (C=O) groups excluding carboxylic acids is 2. The number of nitrogens with one attached hydrogen (secondary N) is 1. The van der Waals surface area contributed by atoms with Crippen LogP contribution in [0, 0.1) is 0 Å². The highest BCUT2D eigenvalue weighted by atomic mass is 35.5. The van der Waals surface area contributed by atoms with Crippen LogP contribution in [-0.2, 0) is 9.59 Å². The van der Waals surface area contributed by atoms with E-state index < -0.39 is 0 Å². The van der Waals surface area contributed by atoms with Crippen LogP contribution in [0.25, 0.3) is 0 Å². The Hall–Kier alpha value is -2.53. The van der Waals surface area contributed by atoms with E-state index in [0.29, 0.717) is 17.5 Å². The maximum atomic E-state index is 12.9. The first-order valence-corrected chi connectivity index (χ1v) is 9.78. The Morgan fingerprint density at radius 2 is 1.86 bits per heavy atom. The van der Waals surface area contributed by atoms with Crippen molar-refractivity contribution in [1.82, 2.24) is 10.2 Å². The number of hydrogen-bond acceptors (Lipinski definition) is 3. The molecule has 0 spiro atoms. The van der Waals surface area contributed by atoms with Crippen molar-refractivity contribution < 1.29 is 14.3 Å². The first-order chi connectivity index (χ1) is 13.5. The molecule has 0 aliphatic carbocycles. The summed E-state index contributed by atoms with van der Waals surface area (Å²) >= 11 is 5.95. The molecule has 1 fully saturated rings. The highest BCUT2D eigenvalue weighted by molar-refractivity contribution is 6.30. The van der Waals surface area contributed by atoms with Crippen LogP contribution >= 0.6 is 11.6 Å². The standard InChI is InChI=1S/C22H25ClN2O3/c1-15(26)24-21(17-3-7-19(23)8-4-17)13-22(27)25-12-11-18(14-25)16-5-9-20(28-2)10-6-16/h3-10,18,21H,11-14H2,1-2H3,(H,24,26). The fourth-order valence-electron chi connectivity index (χ4n) is 3.63. The zero-order valence-electron chi connectivity index (χ0n) is 16.2. The monoisotopic (exact) mass is 400 g/mol. The molecule has 0 radical (unpaired) electrons. The minimum atomic E-state index is -0.359. The SMILES string of the molecule is COc1ccc(C2CCN(C(=O)CC(NC(C)=O)c3ccc(Cl)cc3)C2)cc1. The van der Waals surface area contributed by atoms with Crippen molar-refractivity contribution in [3.63, 3.8) is 0 Å². The fraction of sp³-hybridized carbons (Fsp3) is 0.364. The molecule has 2 aromatic rings.